The number of ether oxygens (including phenoxy) is 1. The molecule has 2 heterocycles. The van der Waals surface area contributed by atoms with Crippen LogP contribution < -0.4 is 5.32 Å². The zero-order valence-electron chi connectivity index (χ0n) is 6.01. The molecule has 0 spiro atoms. The van der Waals surface area contributed by atoms with Gasteiger partial charge < -0.3 is 10.1 Å². The molecule has 2 nitrogen and oxygen atoms in total. The molecule has 2 saturated heterocycles. The van der Waals surface area contributed by atoms with Gasteiger partial charge in [-0.05, 0) is 12.2 Å². The van der Waals surface area contributed by atoms with Crippen LogP contribution in [0.1, 0.15) is 6.42 Å². The second-order valence-corrected chi connectivity index (χ2v) is 3.98. The number of rotatable bonds is 0. The van der Waals surface area contributed by atoms with E-state index in [1.807, 2.05) is 11.8 Å². The highest BCUT2D eigenvalue weighted by Gasteiger charge is 2.27. The minimum absolute atomic E-state index is 0.523. The molecule has 0 aromatic rings. The highest BCUT2D eigenvalue weighted by Crippen LogP contribution is 2.21. The molecule has 2 fully saturated rings. The molecular weight excluding hydrogens is 146 g/mol. The molecule has 58 valence electrons. The molecule has 1 N–H and O–H groups in total. The van der Waals surface area contributed by atoms with E-state index in [-0.39, 0.29) is 0 Å². The Morgan fingerprint density at radius 1 is 1.50 bits per heavy atom. The highest BCUT2D eigenvalue weighted by atomic mass is 32.2. The van der Waals surface area contributed by atoms with Gasteiger partial charge in [0.15, 0.2) is 0 Å². The van der Waals surface area contributed by atoms with Crippen LogP contribution in [-0.2, 0) is 4.74 Å². The van der Waals surface area contributed by atoms with Crippen LogP contribution in [0.5, 0.6) is 0 Å². The van der Waals surface area contributed by atoms with E-state index in [9.17, 15) is 0 Å². The monoisotopic (exact) mass is 159 g/mol. The van der Waals surface area contributed by atoms with Crippen LogP contribution in [0.2, 0.25) is 0 Å². The molecule has 0 aliphatic carbocycles. The molecular formula is C7H13NOS. The first kappa shape index (κ1) is 6.95. The predicted molar refractivity (Wildman–Crippen MR) is 43.5 cm³/mol. The van der Waals surface area contributed by atoms with Crippen LogP contribution in [0, 0.1) is 0 Å². The van der Waals surface area contributed by atoms with Crippen molar-refractivity contribution in [3.8, 4) is 0 Å². The van der Waals surface area contributed by atoms with Gasteiger partial charge in [-0.2, -0.15) is 11.8 Å². The lowest BCUT2D eigenvalue weighted by Gasteiger charge is -2.35. The van der Waals surface area contributed by atoms with Gasteiger partial charge in [0.25, 0.3) is 0 Å². The van der Waals surface area contributed by atoms with Crippen LogP contribution in [0.15, 0.2) is 0 Å². The molecule has 10 heavy (non-hydrogen) atoms. The number of nitrogens with one attached hydrogen (secondary N) is 1. The van der Waals surface area contributed by atoms with Crippen LogP contribution in [-0.4, -0.2) is 36.8 Å². The number of thioether (sulfide) groups is 1. The minimum atomic E-state index is 0.523. The van der Waals surface area contributed by atoms with E-state index >= 15 is 0 Å². The molecule has 3 heteroatoms. The second-order valence-electron chi connectivity index (χ2n) is 2.83. The molecule has 0 amide bonds. The summed E-state index contributed by atoms with van der Waals surface area (Å²) in [6.07, 6.45) is 1.76. The van der Waals surface area contributed by atoms with Gasteiger partial charge in [-0.3, -0.25) is 0 Å². The summed E-state index contributed by atoms with van der Waals surface area (Å²) in [4.78, 5) is 0. The van der Waals surface area contributed by atoms with Crippen molar-refractivity contribution < 1.29 is 4.74 Å². The summed E-state index contributed by atoms with van der Waals surface area (Å²) in [5, 5.41) is 3.48. The maximum absolute atomic E-state index is 5.61. The van der Waals surface area contributed by atoms with Crippen molar-refractivity contribution in [2.45, 2.75) is 18.6 Å². The van der Waals surface area contributed by atoms with Gasteiger partial charge in [0.1, 0.15) is 0 Å². The van der Waals surface area contributed by atoms with E-state index in [0.717, 1.165) is 13.2 Å². The van der Waals surface area contributed by atoms with Crippen molar-refractivity contribution in [3.05, 3.63) is 0 Å². The van der Waals surface area contributed by atoms with Gasteiger partial charge in [-0.25, -0.2) is 0 Å². The third-order valence-corrected chi connectivity index (χ3v) is 3.25. The van der Waals surface area contributed by atoms with Crippen molar-refractivity contribution in [2.75, 3.05) is 24.7 Å². The quantitative estimate of drug-likeness (QED) is 0.555. The molecule has 0 radical (unpaired) electrons. The molecule has 0 aromatic carbocycles. The second kappa shape index (κ2) is 3.11. The van der Waals surface area contributed by atoms with Crippen molar-refractivity contribution in [1.29, 1.82) is 0 Å². The summed E-state index contributed by atoms with van der Waals surface area (Å²) in [7, 11) is 0. The van der Waals surface area contributed by atoms with Crippen LogP contribution in [0.4, 0.5) is 0 Å². The van der Waals surface area contributed by atoms with Crippen molar-refractivity contribution in [1.82, 2.24) is 5.32 Å². The minimum Gasteiger partial charge on any atom is -0.375 e. The maximum atomic E-state index is 5.61. The van der Waals surface area contributed by atoms with Crippen LogP contribution >= 0.6 is 11.8 Å². The predicted octanol–water partition coefficient (Wildman–Crippen LogP) is 0.480. The first-order valence-electron chi connectivity index (χ1n) is 3.89. The largest absolute Gasteiger partial charge is 0.375 e. The van der Waals surface area contributed by atoms with E-state index in [2.05, 4.69) is 5.32 Å². The normalized spacial score (nSPS) is 40.8. The molecule has 2 rings (SSSR count). The SMILES string of the molecule is C1COC2CCSCC2N1. The van der Waals surface area contributed by atoms with Gasteiger partial charge >= 0.3 is 0 Å². The van der Waals surface area contributed by atoms with E-state index < -0.39 is 0 Å². The summed E-state index contributed by atoms with van der Waals surface area (Å²) in [6, 6.07) is 0.646. The Hall–Kier alpha value is 0.270. The Morgan fingerprint density at radius 2 is 2.50 bits per heavy atom. The standard InChI is InChI=1S/C7H13NOS/c1-4-10-5-6-7(1)9-3-2-8-6/h6-8H,1-5H2. The van der Waals surface area contributed by atoms with Crippen molar-refractivity contribution in [3.63, 3.8) is 0 Å². The highest BCUT2D eigenvalue weighted by molar-refractivity contribution is 7.99. The molecule has 2 atom stereocenters. The lowest BCUT2D eigenvalue weighted by atomic mass is 10.1. The lowest BCUT2D eigenvalue weighted by molar-refractivity contribution is -0.000658. The van der Waals surface area contributed by atoms with E-state index in [4.69, 9.17) is 4.74 Å². The third-order valence-electron chi connectivity index (χ3n) is 2.13. The number of hydrogen-bond acceptors (Lipinski definition) is 3. The van der Waals surface area contributed by atoms with Gasteiger partial charge in [-0.1, -0.05) is 0 Å². The zero-order chi connectivity index (χ0) is 6.81. The molecule has 2 aliphatic rings. The topological polar surface area (TPSA) is 21.3 Å². The van der Waals surface area contributed by atoms with E-state index in [1.165, 1.54) is 17.9 Å². The van der Waals surface area contributed by atoms with Crippen LogP contribution in [0.25, 0.3) is 0 Å². The summed E-state index contributed by atoms with van der Waals surface area (Å²) in [6.45, 7) is 1.95. The van der Waals surface area contributed by atoms with Gasteiger partial charge in [0.2, 0.25) is 0 Å². The number of fused-ring (bicyclic) bond motifs is 1. The summed E-state index contributed by atoms with van der Waals surface area (Å²) >= 11 is 2.04. The van der Waals surface area contributed by atoms with E-state index in [1.54, 1.807) is 0 Å². The fourth-order valence-electron chi connectivity index (χ4n) is 1.56. The number of morpholine rings is 1. The van der Waals surface area contributed by atoms with Crippen molar-refractivity contribution >= 4 is 11.8 Å². The maximum Gasteiger partial charge on any atom is 0.0744 e. The first-order chi connectivity index (χ1) is 4.97. The van der Waals surface area contributed by atoms with Gasteiger partial charge in [0.05, 0.1) is 12.7 Å². The molecule has 0 bridgehead atoms. The Labute approximate surface area is 65.7 Å². The molecule has 0 aromatic heterocycles. The summed E-state index contributed by atoms with van der Waals surface area (Å²) in [5.41, 5.74) is 0. The van der Waals surface area contributed by atoms with Crippen molar-refractivity contribution in [2.24, 2.45) is 0 Å². The summed E-state index contributed by atoms with van der Waals surface area (Å²) < 4.78 is 5.61. The lowest BCUT2D eigenvalue weighted by Crippen LogP contribution is -2.51. The molecule has 0 saturated carbocycles. The Kier molecular flexibility index (Phi) is 2.16. The smallest absolute Gasteiger partial charge is 0.0744 e. The van der Waals surface area contributed by atoms with Gasteiger partial charge in [-0.15, -0.1) is 0 Å². The Bertz CT molecular complexity index is 94.2. The molecule has 2 aliphatic heterocycles. The molecule has 2 unspecified atom stereocenters. The summed E-state index contributed by atoms with van der Waals surface area (Å²) in [5.74, 6) is 2.52. The third kappa shape index (κ3) is 1.31. The Balaban J connectivity index is 1.93. The van der Waals surface area contributed by atoms with Gasteiger partial charge in [0, 0.05) is 18.3 Å². The van der Waals surface area contributed by atoms with E-state index in [0.29, 0.717) is 12.1 Å². The Morgan fingerprint density at radius 3 is 3.40 bits per heavy atom. The van der Waals surface area contributed by atoms with Crippen LogP contribution in [0.3, 0.4) is 0 Å². The fraction of sp³-hybridized carbons (Fsp3) is 1.00. The average Bonchev–Trinajstić information content (AvgIpc) is 2.05. The fourth-order valence-corrected chi connectivity index (χ4v) is 2.71. The average molecular weight is 159 g/mol. The first-order valence-corrected chi connectivity index (χ1v) is 5.05. The zero-order valence-corrected chi connectivity index (χ0v) is 6.82. The number of hydrogen-bond donors (Lipinski definition) is 1.